The number of nitrogens with zero attached hydrogens (tertiary/aromatic N) is 1. The lowest BCUT2D eigenvalue weighted by atomic mass is 10.0. The average Bonchev–Trinajstić information content (AvgIpc) is 3.06. The highest BCUT2D eigenvalue weighted by molar-refractivity contribution is 5.95. The molecule has 146 valence electrons. The van der Waals surface area contributed by atoms with Crippen LogP contribution in [0.25, 0.3) is 0 Å². The summed E-state index contributed by atoms with van der Waals surface area (Å²) in [5.41, 5.74) is 0.476. The molecule has 1 fully saturated rings. The number of halogens is 2. The van der Waals surface area contributed by atoms with Gasteiger partial charge in [0.15, 0.2) is 11.5 Å². The molecule has 2 aliphatic rings. The second-order valence-electron chi connectivity index (χ2n) is 6.64. The minimum atomic E-state index is -1.29. The van der Waals surface area contributed by atoms with Crippen LogP contribution in [0.2, 0.25) is 0 Å². The number of hydrogen-bond acceptors (Lipinski definition) is 4. The standard InChI is InChI=1S/C21H19F2NO4/c1-2-7-21(14-3-5-15(22)6-4-14)27-18-12-16(17(23)13-19(18)28-21)20(25)24-8-10-26-11-9-24/h2-6,12-13H,1,7-11H2. The molecule has 0 aliphatic carbocycles. The van der Waals surface area contributed by atoms with Crippen LogP contribution in [0.15, 0.2) is 49.1 Å². The highest BCUT2D eigenvalue weighted by Crippen LogP contribution is 2.47. The first-order valence-electron chi connectivity index (χ1n) is 8.98. The first-order valence-corrected chi connectivity index (χ1v) is 8.98. The van der Waals surface area contributed by atoms with Crippen LogP contribution in [0.5, 0.6) is 11.5 Å². The third-order valence-electron chi connectivity index (χ3n) is 4.81. The molecule has 0 N–H and O–H groups in total. The van der Waals surface area contributed by atoms with Gasteiger partial charge in [0.05, 0.1) is 18.8 Å². The van der Waals surface area contributed by atoms with Crippen molar-refractivity contribution in [2.45, 2.75) is 12.2 Å². The minimum Gasteiger partial charge on any atom is -0.444 e. The Labute approximate surface area is 161 Å². The van der Waals surface area contributed by atoms with Gasteiger partial charge in [0, 0.05) is 31.1 Å². The van der Waals surface area contributed by atoms with E-state index < -0.39 is 23.3 Å². The summed E-state index contributed by atoms with van der Waals surface area (Å²) in [6.45, 7) is 5.37. The zero-order valence-electron chi connectivity index (χ0n) is 15.1. The minimum absolute atomic E-state index is 0.0854. The van der Waals surface area contributed by atoms with Crippen molar-refractivity contribution in [2.75, 3.05) is 26.3 Å². The van der Waals surface area contributed by atoms with E-state index in [0.29, 0.717) is 31.9 Å². The fourth-order valence-corrected chi connectivity index (χ4v) is 3.38. The largest absolute Gasteiger partial charge is 0.444 e. The van der Waals surface area contributed by atoms with Gasteiger partial charge >= 0.3 is 0 Å². The van der Waals surface area contributed by atoms with Gasteiger partial charge in [-0.2, -0.15) is 0 Å². The van der Waals surface area contributed by atoms with E-state index in [0.717, 1.165) is 6.07 Å². The van der Waals surface area contributed by atoms with E-state index in [9.17, 15) is 13.6 Å². The van der Waals surface area contributed by atoms with Gasteiger partial charge in [-0.15, -0.1) is 6.58 Å². The summed E-state index contributed by atoms with van der Waals surface area (Å²) in [7, 11) is 0. The molecule has 0 aromatic heterocycles. The quantitative estimate of drug-likeness (QED) is 0.752. The number of morpholine rings is 1. The van der Waals surface area contributed by atoms with Crippen LogP contribution >= 0.6 is 0 Å². The summed E-state index contributed by atoms with van der Waals surface area (Å²) in [6.07, 6.45) is 1.85. The Bertz CT molecular complexity index is 909. The molecule has 2 aliphatic heterocycles. The van der Waals surface area contributed by atoms with E-state index in [1.54, 1.807) is 23.1 Å². The highest BCUT2D eigenvalue weighted by Gasteiger charge is 2.43. The monoisotopic (exact) mass is 387 g/mol. The van der Waals surface area contributed by atoms with Gasteiger partial charge in [0.25, 0.3) is 11.7 Å². The summed E-state index contributed by atoms with van der Waals surface area (Å²) >= 11 is 0. The average molecular weight is 387 g/mol. The Morgan fingerprint density at radius 3 is 2.39 bits per heavy atom. The van der Waals surface area contributed by atoms with Crippen molar-refractivity contribution < 1.29 is 27.8 Å². The number of carbonyl (C=O) groups excluding carboxylic acids is 1. The molecule has 5 nitrogen and oxygen atoms in total. The van der Waals surface area contributed by atoms with Gasteiger partial charge in [-0.25, -0.2) is 8.78 Å². The molecule has 28 heavy (non-hydrogen) atoms. The van der Waals surface area contributed by atoms with Gasteiger partial charge < -0.3 is 19.1 Å². The SMILES string of the molecule is C=CCC1(c2ccc(F)cc2)Oc2cc(F)c(C(=O)N3CCOCC3)cc2O1. The second-order valence-corrected chi connectivity index (χ2v) is 6.64. The highest BCUT2D eigenvalue weighted by atomic mass is 19.1. The van der Waals surface area contributed by atoms with Crippen LogP contribution < -0.4 is 9.47 Å². The van der Waals surface area contributed by atoms with Crippen molar-refractivity contribution in [3.05, 3.63) is 71.8 Å². The molecule has 1 amide bonds. The lowest BCUT2D eigenvalue weighted by Crippen LogP contribution is -2.41. The zero-order valence-corrected chi connectivity index (χ0v) is 15.1. The molecule has 0 spiro atoms. The van der Waals surface area contributed by atoms with Crippen molar-refractivity contribution in [1.29, 1.82) is 0 Å². The molecule has 4 rings (SSSR count). The fraction of sp³-hybridized carbons (Fsp3) is 0.286. The molecular weight excluding hydrogens is 368 g/mol. The topological polar surface area (TPSA) is 48.0 Å². The third kappa shape index (κ3) is 3.22. The van der Waals surface area contributed by atoms with Crippen LogP contribution in [0.1, 0.15) is 22.3 Å². The fourth-order valence-electron chi connectivity index (χ4n) is 3.38. The van der Waals surface area contributed by atoms with Crippen molar-refractivity contribution >= 4 is 5.91 Å². The number of amides is 1. The van der Waals surface area contributed by atoms with Gasteiger partial charge in [-0.05, 0) is 30.3 Å². The van der Waals surface area contributed by atoms with Gasteiger partial charge in [0.2, 0.25) is 0 Å². The first-order chi connectivity index (χ1) is 13.5. The molecule has 2 aromatic rings. The molecule has 0 saturated carbocycles. The van der Waals surface area contributed by atoms with E-state index in [-0.39, 0.29) is 23.5 Å². The Morgan fingerprint density at radius 2 is 1.75 bits per heavy atom. The Morgan fingerprint density at radius 1 is 1.11 bits per heavy atom. The van der Waals surface area contributed by atoms with E-state index in [2.05, 4.69) is 6.58 Å². The number of benzene rings is 2. The lowest BCUT2D eigenvalue weighted by molar-refractivity contribution is -0.0832. The van der Waals surface area contributed by atoms with Gasteiger partial charge in [0.1, 0.15) is 11.6 Å². The maximum atomic E-state index is 14.7. The zero-order chi connectivity index (χ0) is 19.7. The number of fused-ring (bicyclic) bond motifs is 1. The van der Waals surface area contributed by atoms with Crippen molar-refractivity contribution in [3.63, 3.8) is 0 Å². The maximum absolute atomic E-state index is 14.7. The first kappa shape index (κ1) is 18.4. The normalized spacial score (nSPS) is 20.9. The molecule has 1 atom stereocenters. The molecule has 7 heteroatoms. The summed E-state index contributed by atoms with van der Waals surface area (Å²) in [4.78, 5) is 14.2. The number of rotatable bonds is 4. The molecule has 2 aromatic carbocycles. The van der Waals surface area contributed by atoms with E-state index in [1.807, 2.05) is 0 Å². The van der Waals surface area contributed by atoms with Crippen molar-refractivity contribution in [1.82, 2.24) is 4.90 Å². The summed E-state index contributed by atoms with van der Waals surface area (Å²) in [6, 6.07) is 8.18. The molecule has 0 radical (unpaired) electrons. The smallest absolute Gasteiger partial charge is 0.281 e. The number of ether oxygens (including phenoxy) is 3. The summed E-state index contributed by atoms with van der Waals surface area (Å²) in [5.74, 6) is -2.35. The van der Waals surface area contributed by atoms with Gasteiger partial charge in [-0.1, -0.05) is 6.08 Å². The summed E-state index contributed by atoms with van der Waals surface area (Å²) in [5, 5.41) is 0. The summed E-state index contributed by atoms with van der Waals surface area (Å²) < 4.78 is 45.1. The van der Waals surface area contributed by atoms with Crippen LogP contribution in [-0.4, -0.2) is 37.1 Å². The van der Waals surface area contributed by atoms with Crippen LogP contribution in [0, 0.1) is 11.6 Å². The molecule has 1 unspecified atom stereocenters. The van der Waals surface area contributed by atoms with Crippen LogP contribution in [-0.2, 0) is 10.5 Å². The number of carbonyl (C=O) groups is 1. The van der Waals surface area contributed by atoms with Crippen LogP contribution in [0.4, 0.5) is 8.78 Å². The molecule has 1 saturated heterocycles. The van der Waals surface area contributed by atoms with Crippen molar-refractivity contribution in [2.24, 2.45) is 0 Å². The lowest BCUT2D eigenvalue weighted by Gasteiger charge is -2.27. The van der Waals surface area contributed by atoms with Gasteiger partial charge in [-0.3, -0.25) is 4.79 Å². The number of hydrogen-bond donors (Lipinski definition) is 0. The molecule has 2 heterocycles. The van der Waals surface area contributed by atoms with Crippen molar-refractivity contribution in [3.8, 4) is 11.5 Å². The molecule has 0 bridgehead atoms. The Kier molecular flexibility index (Phi) is 4.77. The van der Waals surface area contributed by atoms with Crippen LogP contribution in [0.3, 0.4) is 0 Å². The van der Waals surface area contributed by atoms with E-state index in [4.69, 9.17) is 14.2 Å². The van der Waals surface area contributed by atoms with E-state index in [1.165, 1.54) is 18.2 Å². The maximum Gasteiger partial charge on any atom is 0.281 e. The Hall–Kier alpha value is -2.93. The van der Waals surface area contributed by atoms with E-state index >= 15 is 0 Å². The predicted octanol–water partition coefficient (Wildman–Crippen LogP) is 3.64. The molecular formula is C21H19F2NO4. The second kappa shape index (κ2) is 7.24. The Balaban J connectivity index is 1.67. The third-order valence-corrected chi connectivity index (χ3v) is 4.81. The predicted molar refractivity (Wildman–Crippen MR) is 97.3 cm³/mol.